The van der Waals surface area contributed by atoms with E-state index < -0.39 is 41.6 Å². The molecule has 132 valence electrons. The summed E-state index contributed by atoms with van der Waals surface area (Å²) >= 11 is 0. The Labute approximate surface area is 139 Å². The second-order valence-corrected chi connectivity index (χ2v) is 8.04. The SMILES string of the molecule is CCCCC1=NN(c2cc(S(=O)(=O)O)ccc2S(=O)(=O)O)C(=O)C1. The minimum atomic E-state index is -4.73. The Balaban J connectivity index is 2.58. The van der Waals surface area contributed by atoms with Crippen LogP contribution in [0.2, 0.25) is 0 Å². The number of carbonyl (C=O) groups excluding carboxylic acids is 1. The molecule has 1 heterocycles. The van der Waals surface area contributed by atoms with Crippen LogP contribution >= 0.6 is 0 Å². The maximum atomic E-state index is 12.1. The lowest BCUT2D eigenvalue weighted by atomic mass is 10.1. The van der Waals surface area contributed by atoms with E-state index in [9.17, 15) is 26.2 Å². The molecule has 0 aromatic heterocycles. The largest absolute Gasteiger partial charge is 0.296 e. The molecule has 1 amide bonds. The molecule has 1 aromatic rings. The summed E-state index contributed by atoms with van der Waals surface area (Å²) in [5.41, 5.74) is 0.101. The standard InChI is InChI=1S/C13H16N2O7S2/c1-2-3-4-9-7-13(16)15(14-9)11-8-10(23(17,18)19)5-6-12(11)24(20,21)22/h5-6,8H,2-4,7H2,1H3,(H,17,18,19)(H,20,21,22). The third-order valence-corrected chi connectivity index (χ3v) is 5.14. The summed E-state index contributed by atoms with van der Waals surface area (Å²) in [6.07, 6.45) is 2.18. The number of hydrogen-bond acceptors (Lipinski definition) is 6. The van der Waals surface area contributed by atoms with Crippen LogP contribution in [0, 0.1) is 0 Å². The molecule has 0 aliphatic carbocycles. The molecule has 11 heteroatoms. The van der Waals surface area contributed by atoms with Gasteiger partial charge in [-0.25, -0.2) is 0 Å². The van der Waals surface area contributed by atoms with E-state index in [4.69, 9.17) is 4.55 Å². The van der Waals surface area contributed by atoms with Gasteiger partial charge in [0, 0.05) is 5.71 Å². The fourth-order valence-electron chi connectivity index (χ4n) is 2.23. The van der Waals surface area contributed by atoms with E-state index in [0.29, 0.717) is 12.1 Å². The zero-order valence-corrected chi connectivity index (χ0v) is 14.3. The van der Waals surface area contributed by atoms with Crippen LogP contribution in [-0.4, -0.2) is 37.6 Å². The Morgan fingerprint density at radius 1 is 1.17 bits per heavy atom. The van der Waals surface area contributed by atoms with E-state index in [1.807, 2.05) is 6.92 Å². The number of benzene rings is 1. The van der Waals surface area contributed by atoms with Gasteiger partial charge in [0.2, 0.25) is 0 Å². The average Bonchev–Trinajstić information content (AvgIpc) is 2.83. The highest BCUT2D eigenvalue weighted by molar-refractivity contribution is 7.86. The lowest BCUT2D eigenvalue weighted by Crippen LogP contribution is -2.22. The average molecular weight is 376 g/mol. The quantitative estimate of drug-likeness (QED) is 0.716. The fourth-order valence-corrected chi connectivity index (χ4v) is 3.38. The Kier molecular flexibility index (Phi) is 5.08. The molecule has 0 fully saturated rings. The van der Waals surface area contributed by atoms with Gasteiger partial charge in [0.25, 0.3) is 26.1 Å². The van der Waals surface area contributed by atoms with Gasteiger partial charge in [-0.05, 0) is 31.0 Å². The summed E-state index contributed by atoms with van der Waals surface area (Å²) in [7, 11) is -9.36. The van der Waals surface area contributed by atoms with E-state index in [2.05, 4.69) is 5.10 Å². The number of unbranched alkanes of at least 4 members (excludes halogenated alkanes) is 1. The van der Waals surface area contributed by atoms with Crippen molar-refractivity contribution in [3.63, 3.8) is 0 Å². The Hall–Kier alpha value is -1.82. The Morgan fingerprint density at radius 2 is 1.83 bits per heavy atom. The first kappa shape index (κ1) is 18.5. The number of rotatable bonds is 6. The fraction of sp³-hybridized carbons (Fsp3) is 0.385. The number of anilines is 1. The molecule has 0 saturated heterocycles. The lowest BCUT2D eigenvalue weighted by Gasteiger charge is -2.15. The molecular formula is C13H16N2O7S2. The Morgan fingerprint density at radius 3 is 2.38 bits per heavy atom. The topological polar surface area (TPSA) is 141 Å². The molecule has 0 radical (unpaired) electrons. The molecule has 2 rings (SSSR count). The second-order valence-electron chi connectivity index (χ2n) is 5.23. The Bertz CT molecular complexity index is 904. The van der Waals surface area contributed by atoms with Crippen molar-refractivity contribution in [2.24, 2.45) is 5.10 Å². The third-order valence-electron chi connectivity index (χ3n) is 3.39. The second kappa shape index (κ2) is 6.59. The molecule has 0 saturated carbocycles. The van der Waals surface area contributed by atoms with Crippen LogP contribution in [0.1, 0.15) is 32.6 Å². The van der Waals surface area contributed by atoms with Crippen molar-refractivity contribution in [2.45, 2.75) is 42.4 Å². The first-order chi connectivity index (χ1) is 11.0. The van der Waals surface area contributed by atoms with Crippen LogP contribution in [0.5, 0.6) is 0 Å². The minimum Gasteiger partial charge on any atom is -0.282 e. The van der Waals surface area contributed by atoms with E-state index in [1.54, 1.807) is 0 Å². The first-order valence-electron chi connectivity index (χ1n) is 7.02. The van der Waals surface area contributed by atoms with Gasteiger partial charge in [0.15, 0.2) is 0 Å². The van der Waals surface area contributed by atoms with Crippen molar-refractivity contribution in [1.29, 1.82) is 0 Å². The molecule has 0 unspecified atom stereocenters. The molecule has 0 spiro atoms. The van der Waals surface area contributed by atoms with Crippen LogP contribution in [0.25, 0.3) is 0 Å². The molecule has 1 aliphatic rings. The first-order valence-corrected chi connectivity index (χ1v) is 9.90. The summed E-state index contributed by atoms with van der Waals surface area (Å²) in [4.78, 5) is 10.8. The monoisotopic (exact) mass is 376 g/mol. The molecular weight excluding hydrogens is 360 g/mol. The zero-order chi connectivity index (χ0) is 18.1. The van der Waals surface area contributed by atoms with E-state index >= 15 is 0 Å². The molecule has 24 heavy (non-hydrogen) atoms. The van der Waals surface area contributed by atoms with Crippen molar-refractivity contribution in [3.8, 4) is 0 Å². The predicted octanol–water partition coefficient (Wildman–Crippen LogP) is 1.46. The molecule has 0 bridgehead atoms. The van der Waals surface area contributed by atoms with Gasteiger partial charge in [-0.2, -0.15) is 26.9 Å². The van der Waals surface area contributed by atoms with Crippen LogP contribution in [0.3, 0.4) is 0 Å². The van der Waals surface area contributed by atoms with Gasteiger partial charge >= 0.3 is 0 Å². The summed E-state index contributed by atoms with van der Waals surface area (Å²) < 4.78 is 63.9. The molecule has 1 aliphatic heterocycles. The lowest BCUT2D eigenvalue weighted by molar-refractivity contribution is -0.116. The van der Waals surface area contributed by atoms with Gasteiger partial charge in [0.1, 0.15) is 4.90 Å². The number of amides is 1. The molecule has 9 nitrogen and oxygen atoms in total. The van der Waals surface area contributed by atoms with E-state index in [1.165, 1.54) is 0 Å². The minimum absolute atomic E-state index is 0.0268. The maximum Gasteiger partial charge on any atom is 0.296 e. The highest BCUT2D eigenvalue weighted by Gasteiger charge is 2.31. The van der Waals surface area contributed by atoms with Crippen molar-refractivity contribution in [2.75, 3.05) is 5.01 Å². The van der Waals surface area contributed by atoms with Gasteiger partial charge in [-0.15, -0.1) is 0 Å². The number of hydrazone groups is 1. The van der Waals surface area contributed by atoms with Crippen LogP contribution < -0.4 is 5.01 Å². The van der Waals surface area contributed by atoms with Gasteiger partial charge in [0.05, 0.1) is 17.0 Å². The maximum absolute atomic E-state index is 12.1. The van der Waals surface area contributed by atoms with Crippen LogP contribution in [-0.2, 0) is 25.0 Å². The normalized spacial score (nSPS) is 15.7. The van der Waals surface area contributed by atoms with E-state index in [-0.39, 0.29) is 6.42 Å². The third kappa shape index (κ3) is 3.98. The van der Waals surface area contributed by atoms with Gasteiger partial charge in [-0.1, -0.05) is 13.3 Å². The van der Waals surface area contributed by atoms with E-state index in [0.717, 1.165) is 36.0 Å². The van der Waals surface area contributed by atoms with Crippen molar-refractivity contribution in [1.82, 2.24) is 0 Å². The van der Waals surface area contributed by atoms with Crippen LogP contribution in [0.15, 0.2) is 33.1 Å². The smallest absolute Gasteiger partial charge is 0.282 e. The molecule has 2 N–H and O–H groups in total. The summed E-state index contributed by atoms with van der Waals surface area (Å²) in [6.45, 7) is 1.96. The van der Waals surface area contributed by atoms with Crippen LogP contribution in [0.4, 0.5) is 5.69 Å². The zero-order valence-electron chi connectivity index (χ0n) is 12.7. The highest BCUT2D eigenvalue weighted by Crippen LogP contribution is 2.31. The molecule has 0 atom stereocenters. The predicted molar refractivity (Wildman–Crippen MR) is 85.1 cm³/mol. The molecule has 1 aromatic carbocycles. The van der Waals surface area contributed by atoms with Crippen molar-refractivity contribution in [3.05, 3.63) is 18.2 Å². The number of nitrogens with zero attached hydrogens (tertiary/aromatic N) is 2. The van der Waals surface area contributed by atoms with Crippen molar-refractivity contribution < 1.29 is 30.7 Å². The number of carbonyl (C=O) groups is 1. The summed E-state index contributed by atoms with van der Waals surface area (Å²) in [6, 6.07) is 2.38. The summed E-state index contributed by atoms with van der Waals surface area (Å²) in [5.74, 6) is -0.557. The van der Waals surface area contributed by atoms with Gasteiger partial charge in [-0.3, -0.25) is 13.9 Å². The summed E-state index contributed by atoms with van der Waals surface area (Å²) in [5, 5.41) is 4.76. The van der Waals surface area contributed by atoms with Crippen molar-refractivity contribution >= 4 is 37.5 Å². The number of hydrogen-bond donors (Lipinski definition) is 2. The highest BCUT2D eigenvalue weighted by atomic mass is 32.2. The van der Waals surface area contributed by atoms with Gasteiger partial charge < -0.3 is 0 Å².